The number of ether oxygens (including phenoxy) is 3. The standard InChI is InChI=1S/C37H43N3O8S/c1-27(30-13-9-6-10-14-30)38-36(42)31-19-32(21-33(20-31)40(2)49(4,44)45)39-35(41)22-37(43,25-47-23-28-11-7-5-8-12-28)26-48-24-29-15-17-34(46-3)18-16-29/h5-21,27,43H,22-26H2,1-4H3,(H,38,42)(H,39,41)/t27-,37?/m1/s1. The number of sulfonamides is 1. The molecule has 0 aliphatic rings. The number of carbonyl (C=O) groups excluding carboxylic acids is 2. The molecule has 2 amide bonds. The van der Waals surface area contributed by atoms with Gasteiger partial charge in [0, 0.05) is 18.3 Å². The Kier molecular flexibility index (Phi) is 12.9. The molecular weight excluding hydrogens is 646 g/mol. The van der Waals surface area contributed by atoms with Crippen LogP contribution in [0.3, 0.4) is 0 Å². The Morgan fingerprint density at radius 3 is 2.00 bits per heavy atom. The van der Waals surface area contributed by atoms with Crippen molar-refractivity contribution in [1.82, 2.24) is 5.32 Å². The molecule has 260 valence electrons. The molecule has 0 heterocycles. The molecule has 0 aliphatic carbocycles. The van der Waals surface area contributed by atoms with E-state index in [-0.39, 0.29) is 49.4 Å². The molecule has 0 aromatic heterocycles. The second kappa shape index (κ2) is 17.1. The zero-order chi connectivity index (χ0) is 35.4. The molecule has 0 radical (unpaired) electrons. The Bertz CT molecular complexity index is 1790. The van der Waals surface area contributed by atoms with Crippen molar-refractivity contribution in [2.75, 3.05) is 43.2 Å². The molecule has 0 saturated heterocycles. The van der Waals surface area contributed by atoms with E-state index in [0.717, 1.165) is 27.3 Å². The summed E-state index contributed by atoms with van der Waals surface area (Å²) in [5.41, 5.74) is 1.37. The van der Waals surface area contributed by atoms with E-state index >= 15 is 0 Å². The van der Waals surface area contributed by atoms with Gasteiger partial charge in [0.2, 0.25) is 15.9 Å². The zero-order valence-electron chi connectivity index (χ0n) is 28.1. The fourth-order valence-corrected chi connectivity index (χ4v) is 5.44. The van der Waals surface area contributed by atoms with Gasteiger partial charge in [-0.25, -0.2) is 8.42 Å². The third-order valence-corrected chi connectivity index (χ3v) is 8.95. The van der Waals surface area contributed by atoms with Gasteiger partial charge in [-0.3, -0.25) is 13.9 Å². The molecule has 4 rings (SSSR count). The summed E-state index contributed by atoms with van der Waals surface area (Å²) in [6.45, 7) is 1.79. The number of hydrogen-bond acceptors (Lipinski definition) is 8. The van der Waals surface area contributed by atoms with Crippen LogP contribution < -0.4 is 19.7 Å². The van der Waals surface area contributed by atoms with Crippen molar-refractivity contribution in [1.29, 1.82) is 0 Å². The van der Waals surface area contributed by atoms with Gasteiger partial charge in [0.05, 0.1) is 57.9 Å². The summed E-state index contributed by atoms with van der Waals surface area (Å²) in [6, 6.07) is 30.1. The number of benzene rings is 4. The van der Waals surface area contributed by atoms with E-state index < -0.39 is 33.9 Å². The van der Waals surface area contributed by atoms with Gasteiger partial charge in [-0.05, 0) is 53.9 Å². The van der Waals surface area contributed by atoms with Crippen molar-refractivity contribution in [2.24, 2.45) is 0 Å². The van der Waals surface area contributed by atoms with Crippen molar-refractivity contribution >= 4 is 33.2 Å². The summed E-state index contributed by atoms with van der Waals surface area (Å²) in [5.74, 6) is -0.361. The fraction of sp³-hybridized carbons (Fsp3) is 0.297. The topological polar surface area (TPSA) is 144 Å². The minimum Gasteiger partial charge on any atom is -0.497 e. The maximum atomic E-state index is 13.5. The number of amides is 2. The van der Waals surface area contributed by atoms with Gasteiger partial charge in [0.15, 0.2) is 0 Å². The Labute approximate surface area is 287 Å². The van der Waals surface area contributed by atoms with E-state index in [1.54, 1.807) is 19.2 Å². The quantitative estimate of drug-likeness (QED) is 0.139. The predicted octanol–water partition coefficient (Wildman–Crippen LogP) is 5.08. The second-order valence-corrected chi connectivity index (χ2v) is 13.9. The summed E-state index contributed by atoms with van der Waals surface area (Å²) in [6.07, 6.45) is 0.625. The number of anilines is 2. The Morgan fingerprint density at radius 1 is 0.857 bits per heavy atom. The molecular formula is C37H43N3O8S. The van der Waals surface area contributed by atoms with Crippen molar-refractivity contribution in [2.45, 2.75) is 38.2 Å². The van der Waals surface area contributed by atoms with Gasteiger partial charge < -0.3 is 30.0 Å². The molecule has 49 heavy (non-hydrogen) atoms. The van der Waals surface area contributed by atoms with Crippen LogP contribution in [0.5, 0.6) is 5.75 Å². The molecule has 0 fully saturated rings. The van der Waals surface area contributed by atoms with Crippen LogP contribution in [0, 0.1) is 0 Å². The average Bonchev–Trinajstić information content (AvgIpc) is 3.08. The van der Waals surface area contributed by atoms with E-state index in [9.17, 15) is 23.1 Å². The van der Waals surface area contributed by atoms with Crippen molar-refractivity contribution in [3.05, 3.63) is 125 Å². The number of rotatable bonds is 17. The van der Waals surface area contributed by atoms with Crippen LogP contribution in [0.1, 0.15) is 46.4 Å². The van der Waals surface area contributed by atoms with Crippen LogP contribution in [0.15, 0.2) is 103 Å². The van der Waals surface area contributed by atoms with E-state index in [1.807, 2.05) is 79.7 Å². The van der Waals surface area contributed by atoms with Crippen LogP contribution in [0.25, 0.3) is 0 Å². The lowest BCUT2D eigenvalue weighted by atomic mass is 10.0. The maximum absolute atomic E-state index is 13.5. The molecule has 12 heteroatoms. The highest BCUT2D eigenvalue weighted by Crippen LogP contribution is 2.26. The molecule has 0 aliphatic heterocycles. The Balaban J connectivity index is 1.51. The lowest BCUT2D eigenvalue weighted by Crippen LogP contribution is -2.43. The Morgan fingerprint density at radius 2 is 1.43 bits per heavy atom. The van der Waals surface area contributed by atoms with Gasteiger partial charge >= 0.3 is 0 Å². The summed E-state index contributed by atoms with van der Waals surface area (Å²) < 4.78 is 42.7. The van der Waals surface area contributed by atoms with Crippen LogP contribution in [-0.2, 0) is 37.5 Å². The average molecular weight is 690 g/mol. The van der Waals surface area contributed by atoms with Gasteiger partial charge in [0.25, 0.3) is 5.91 Å². The molecule has 0 spiro atoms. The number of nitrogens with one attached hydrogen (secondary N) is 2. The number of carbonyl (C=O) groups is 2. The first-order chi connectivity index (χ1) is 23.3. The largest absolute Gasteiger partial charge is 0.497 e. The number of methoxy groups -OCH3 is 1. The van der Waals surface area contributed by atoms with Crippen molar-refractivity contribution in [3.8, 4) is 5.75 Å². The van der Waals surface area contributed by atoms with Gasteiger partial charge in [-0.15, -0.1) is 0 Å². The maximum Gasteiger partial charge on any atom is 0.251 e. The molecule has 0 saturated carbocycles. The highest BCUT2D eigenvalue weighted by atomic mass is 32.2. The monoisotopic (exact) mass is 689 g/mol. The van der Waals surface area contributed by atoms with Gasteiger partial charge in [-0.2, -0.15) is 0 Å². The van der Waals surface area contributed by atoms with Crippen LogP contribution >= 0.6 is 0 Å². The fourth-order valence-electron chi connectivity index (χ4n) is 4.95. The van der Waals surface area contributed by atoms with Crippen molar-refractivity contribution in [3.63, 3.8) is 0 Å². The van der Waals surface area contributed by atoms with Crippen LogP contribution in [0.2, 0.25) is 0 Å². The van der Waals surface area contributed by atoms with E-state index in [1.165, 1.54) is 25.2 Å². The van der Waals surface area contributed by atoms with Crippen molar-refractivity contribution < 1.29 is 37.3 Å². The minimum atomic E-state index is -3.70. The first-order valence-corrected chi connectivity index (χ1v) is 17.5. The SMILES string of the molecule is COc1ccc(COCC(O)(COCc2ccccc2)CC(=O)Nc2cc(C(=O)N[C@H](C)c3ccccc3)cc(N(C)S(C)(=O)=O)c2)cc1. The van der Waals surface area contributed by atoms with Crippen LogP contribution in [0.4, 0.5) is 11.4 Å². The van der Waals surface area contributed by atoms with Crippen LogP contribution in [-0.4, -0.2) is 64.6 Å². The normalized spacial score (nSPS) is 13.2. The number of aliphatic hydroxyl groups is 1. The summed E-state index contributed by atoms with van der Waals surface area (Å²) in [5, 5.41) is 17.3. The highest BCUT2D eigenvalue weighted by molar-refractivity contribution is 7.92. The van der Waals surface area contributed by atoms with Gasteiger partial charge in [-0.1, -0.05) is 72.8 Å². The summed E-state index contributed by atoms with van der Waals surface area (Å²) >= 11 is 0. The summed E-state index contributed by atoms with van der Waals surface area (Å²) in [7, 11) is -0.768. The first kappa shape index (κ1) is 37.1. The highest BCUT2D eigenvalue weighted by Gasteiger charge is 2.32. The molecule has 4 aromatic carbocycles. The third-order valence-electron chi connectivity index (χ3n) is 7.74. The lowest BCUT2D eigenvalue weighted by Gasteiger charge is -2.27. The molecule has 1 unspecified atom stereocenters. The molecule has 3 N–H and O–H groups in total. The van der Waals surface area contributed by atoms with Gasteiger partial charge in [0.1, 0.15) is 11.4 Å². The Hall–Kier alpha value is -4.75. The smallest absolute Gasteiger partial charge is 0.251 e. The minimum absolute atomic E-state index is 0.135. The summed E-state index contributed by atoms with van der Waals surface area (Å²) in [4.78, 5) is 26.8. The lowest BCUT2D eigenvalue weighted by molar-refractivity contribution is -0.134. The van der Waals surface area contributed by atoms with E-state index in [0.29, 0.717) is 5.75 Å². The number of nitrogens with zero attached hydrogens (tertiary/aromatic N) is 1. The molecule has 11 nitrogen and oxygen atoms in total. The first-order valence-electron chi connectivity index (χ1n) is 15.6. The molecule has 0 bridgehead atoms. The molecule has 4 aromatic rings. The van der Waals surface area contributed by atoms with E-state index in [4.69, 9.17) is 14.2 Å². The third kappa shape index (κ3) is 11.4. The number of hydrogen-bond donors (Lipinski definition) is 3. The van der Waals surface area contributed by atoms with E-state index in [2.05, 4.69) is 10.6 Å². The predicted molar refractivity (Wildman–Crippen MR) is 189 cm³/mol. The molecule has 2 atom stereocenters. The zero-order valence-corrected chi connectivity index (χ0v) is 28.9. The second-order valence-electron chi connectivity index (χ2n) is 11.9.